The fourth-order valence-electron chi connectivity index (χ4n) is 2.46. The van der Waals surface area contributed by atoms with Crippen molar-refractivity contribution in [1.29, 1.82) is 0 Å². The third-order valence-corrected chi connectivity index (χ3v) is 5.63. The Kier molecular flexibility index (Phi) is 2.66. The van der Waals surface area contributed by atoms with Gasteiger partial charge in [-0.15, -0.1) is 22.7 Å². The lowest BCUT2D eigenvalue weighted by Crippen LogP contribution is -1.96. The fraction of sp³-hybridized carbons (Fsp3) is 0.133. The molecule has 0 aliphatic carbocycles. The molecule has 5 heteroatoms. The molecule has 3 nitrogen and oxygen atoms in total. The molecule has 20 heavy (non-hydrogen) atoms. The molecule has 4 rings (SSSR count). The zero-order valence-corrected chi connectivity index (χ0v) is 12.6. The van der Waals surface area contributed by atoms with Crippen molar-refractivity contribution in [2.45, 2.75) is 6.54 Å². The van der Waals surface area contributed by atoms with Crippen molar-refractivity contribution in [2.75, 3.05) is 0 Å². The molecule has 0 bridgehead atoms. The summed E-state index contributed by atoms with van der Waals surface area (Å²) in [6.07, 6.45) is 0. The number of imidazole rings is 1. The zero-order chi connectivity index (χ0) is 13.7. The maximum atomic E-state index is 5.72. The number of hydrogen-bond acceptors (Lipinski definition) is 4. The molecule has 0 spiro atoms. The molecule has 0 atom stereocenters. The molecular formula is C15H13N3S2. The largest absolute Gasteiger partial charge is 0.326 e. The van der Waals surface area contributed by atoms with Crippen LogP contribution in [0.25, 0.3) is 31.1 Å². The molecule has 3 heterocycles. The van der Waals surface area contributed by atoms with E-state index < -0.39 is 0 Å². The highest BCUT2D eigenvalue weighted by Gasteiger charge is 2.13. The first kappa shape index (κ1) is 12.1. The SMILES string of the molecule is Cn1c(-c2cc3sccc3s2)nc2ccc(CN)cc21. The maximum Gasteiger partial charge on any atom is 0.151 e. The first-order chi connectivity index (χ1) is 9.76. The fourth-order valence-corrected chi connectivity index (χ4v) is 4.59. The molecular weight excluding hydrogens is 286 g/mol. The van der Waals surface area contributed by atoms with Crippen LogP contribution in [0.15, 0.2) is 35.7 Å². The molecule has 100 valence electrons. The minimum atomic E-state index is 0.561. The Balaban J connectivity index is 1.95. The van der Waals surface area contributed by atoms with Crippen LogP contribution >= 0.6 is 22.7 Å². The van der Waals surface area contributed by atoms with E-state index in [9.17, 15) is 0 Å². The van der Waals surface area contributed by atoms with Gasteiger partial charge in [-0.05, 0) is 35.2 Å². The molecule has 4 aromatic rings. The van der Waals surface area contributed by atoms with E-state index in [-0.39, 0.29) is 0 Å². The molecule has 3 aromatic heterocycles. The second-order valence-corrected chi connectivity index (χ2v) is 6.81. The third-order valence-electron chi connectivity index (χ3n) is 3.54. The van der Waals surface area contributed by atoms with Gasteiger partial charge in [-0.25, -0.2) is 4.98 Å². The Morgan fingerprint density at radius 2 is 2.10 bits per heavy atom. The third kappa shape index (κ3) is 1.71. The number of aryl methyl sites for hydroxylation is 1. The minimum Gasteiger partial charge on any atom is -0.326 e. The van der Waals surface area contributed by atoms with Crippen molar-refractivity contribution in [3.8, 4) is 10.7 Å². The molecule has 0 saturated heterocycles. The Morgan fingerprint density at radius 1 is 1.20 bits per heavy atom. The second-order valence-electron chi connectivity index (χ2n) is 4.78. The summed E-state index contributed by atoms with van der Waals surface area (Å²) in [7, 11) is 2.07. The predicted molar refractivity (Wildman–Crippen MR) is 87.3 cm³/mol. The Labute approximate surface area is 124 Å². The summed E-state index contributed by atoms with van der Waals surface area (Å²) in [4.78, 5) is 5.99. The lowest BCUT2D eigenvalue weighted by atomic mass is 10.2. The number of nitrogens with zero attached hydrogens (tertiary/aromatic N) is 2. The first-order valence-electron chi connectivity index (χ1n) is 6.39. The highest BCUT2D eigenvalue weighted by Crippen LogP contribution is 2.36. The number of aromatic nitrogens is 2. The predicted octanol–water partition coefficient (Wildman–Crippen LogP) is 3.98. The number of nitrogens with two attached hydrogens (primary N) is 1. The van der Waals surface area contributed by atoms with Gasteiger partial charge in [-0.1, -0.05) is 6.07 Å². The van der Waals surface area contributed by atoms with Crippen molar-refractivity contribution in [3.63, 3.8) is 0 Å². The van der Waals surface area contributed by atoms with E-state index in [4.69, 9.17) is 10.7 Å². The quantitative estimate of drug-likeness (QED) is 0.608. The van der Waals surface area contributed by atoms with E-state index in [1.807, 2.05) is 6.07 Å². The van der Waals surface area contributed by atoms with Crippen LogP contribution in [0.4, 0.5) is 0 Å². The molecule has 0 radical (unpaired) electrons. The Morgan fingerprint density at radius 3 is 2.90 bits per heavy atom. The average Bonchev–Trinajstić information content (AvgIpc) is 3.11. The Bertz CT molecular complexity index is 885. The van der Waals surface area contributed by atoms with Gasteiger partial charge in [-0.2, -0.15) is 0 Å². The zero-order valence-electron chi connectivity index (χ0n) is 11.0. The average molecular weight is 299 g/mol. The van der Waals surface area contributed by atoms with Crippen molar-refractivity contribution in [2.24, 2.45) is 12.8 Å². The number of benzene rings is 1. The minimum absolute atomic E-state index is 0.561. The van der Waals surface area contributed by atoms with Gasteiger partial charge in [-0.3, -0.25) is 0 Å². The van der Waals surface area contributed by atoms with Crippen LogP contribution in [0, 0.1) is 0 Å². The van der Waals surface area contributed by atoms with Crippen molar-refractivity contribution < 1.29 is 0 Å². The van der Waals surface area contributed by atoms with E-state index in [1.54, 1.807) is 22.7 Å². The summed E-state index contributed by atoms with van der Waals surface area (Å²) in [5.74, 6) is 1.03. The van der Waals surface area contributed by atoms with E-state index in [1.165, 1.54) is 14.3 Å². The summed E-state index contributed by atoms with van der Waals surface area (Å²) in [5.41, 5.74) is 9.02. The molecule has 0 aliphatic rings. The smallest absolute Gasteiger partial charge is 0.151 e. The molecule has 0 aliphatic heterocycles. The summed E-state index contributed by atoms with van der Waals surface area (Å²) in [5, 5.41) is 2.13. The molecule has 0 unspecified atom stereocenters. The monoisotopic (exact) mass is 299 g/mol. The van der Waals surface area contributed by atoms with Gasteiger partial charge in [0, 0.05) is 23.0 Å². The van der Waals surface area contributed by atoms with E-state index in [0.717, 1.165) is 22.4 Å². The molecule has 0 fully saturated rings. The van der Waals surface area contributed by atoms with Crippen LogP contribution in [-0.2, 0) is 13.6 Å². The van der Waals surface area contributed by atoms with E-state index >= 15 is 0 Å². The van der Waals surface area contributed by atoms with Gasteiger partial charge in [0.1, 0.15) is 0 Å². The lowest BCUT2D eigenvalue weighted by Gasteiger charge is -2.00. The highest BCUT2D eigenvalue weighted by molar-refractivity contribution is 7.28. The molecule has 1 aromatic carbocycles. The van der Waals surface area contributed by atoms with Crippen molar-refractivity contribution >= 4 is 43.1 Å². The number of thiophene rings is 2. The van der Waals surface area contributed by atoms with Gasteiger partial charge in [0.25, 0.3) is 0 Å². The summed E-state index contributed by atoms with van der Waals surface area (Å²) in [6.45, 7) is 0.561. The molecule has 0 amide bonds. The number of hydrogen-bond donors (Lipinski definition) is 1. The maximum absolute atomic E-state index is 5.72. The number of fused-ring (bicyclic) bond motifs is 2. The van der Waals surface area contributed by atoms with Crippen LogP contribution in [0.1, 0.15) is 5.56 Å². The lowest BCUT2D eigenvalue weighted by molar-refractivity contribution is 0.960. The topological polar surface area (TPSA) is 43.8 Å². The van der Waals surface area contributed by atoms with Gasteiger partial charge in [0.2, 0.25) is 0 Å². The van der Waals surface area contributed by atoms with Crippen LogP contribution in [0.5, 0.6) is 0 Å². The van der Waals surface area contributed by atoms with Crippen LogP contribution in [0.3, 0.4) is 0 Å². The standard InChI is InChI=1S/C15H13N3S2/c1-18-11-6-9(8-16)2-3-10(11)17-15(18)14-7-13-12(20-14)4-5-19-13/h2-7H,8,16H2,1H3. The van der Waals surface area contributed by atoms with Gasteiger partial charge < -0.3 is 10.3 Å². The number of rotatable bonds is 2. The Hall–Kier alpha value is -1.69. The van der Waals surface area contributed by atoms with Crippen LogP contribution in [-0.4, -0.2) is 9.55 Å². The van der Waals surface area contributed by atoms with E-state index in [2.05, 4.69) is 41.3 Å². The van der Waals surface area contributed by atoms with Crippen molar-refractivity contribution in [1.82, 2.24) is 9.55 Å². The normalized spacial score (nSPS) is 11.7. The summed E-state index contributed by atoms with van der Waals surface area (Å²) in [6, 6.07) is 10.6. The summed E-state index contributed by atoms with van der Waals surface area (Å²) < 4.78 is 4.82. The molecule has 2 N–H and O–H groups in total. The van der Waals surface area contributed by atoms with E-state index in [0.29, 0.717) is 6.54 Å². The van der Waals surface area contributed by atoms with Crippen LogP contribution < -0.4 is 5.73 Å². The van der Waals surface area contributed by atoms with Gasteiger partial charge in [0.05, 0.1) is 15.9 Å². The second kappa shape index (κ2) is 4.41. The highest BCUT2D eigenvalue weighted by atomic mass is 32.1. The van der Waals surface area contributed by atoms with Gasteiger partial charge in [0.15, 0.2) is 5.82 Å². The summed E-state index contributed by atoms with van der Waals surface area (Å²) >= 11 is 3.58. The molecule has 0 saturated carbocycles. The van der Waals surface area contributed by atoms with Crippen LogP contribution in [0.2, 0.25) is 0 Å². The van der Waals surface area contributed by atoms with Crippen molar-refractivity contribution in [3.05, 3.63) is 41.3 Å². The van der Waals surface area contributed by atoms with Gasteiger partial charge >= 0.3 is 0 Å². The first-order valence-corrected chi connectivity index (χ1v) is 8.09.